The first-order valence-electron chi connectivity index (χ1n) is 14.4. The number of nitrogens with zero attached hydrogens (tertiary/aromatic N) is 5. The Labute approximate surface area is 247 Å². The molecule has 4 aromatic rings. The van der Waals surface area contributed by atoms with Crippen LogP contribution >= 0.6 is 0 Å². The molecule has 2 fully saturated rings. The Balaban J connectivity index is 1.10. The van der Waals surface area contributed by atoms with Crippen molar-refractivity contribution in [3.8, 4) is 11.6 Å². The Hall–Kier alpha value is -4.16. The molecule has 4 heterocycles. The molecule has 1 unspecified atom stereocenters. The molecule has 2 saturated heterocycles. The Morgan fingerprint density at radius 1 is 1.14 bits per heavy atom. The van der Waals surface area contributed by atoms with E-state index in [-0.39, 0.29) is 30.1 Å². The van der Waals surface area contributed by atoms with Gasteiger partial charge in [-0.3, -0.25) is 4.90 Å². The predicted molar refractivity (Wildman–Crippen MR) is 152 cm³/mol. The summed E-state index contributed by atoms with van der Waals surface area (Å²) in [6, 6.07) is 10.1. The number of hydrogen-bond donors (Lipinski definition) is 1. The van der Waals surface area contributed by atoms with Crippen LogP contribution in [0.4, 0.5) is 8.78 Å². The third-order valence-corrected chi connectivity index (χ3v) is 8.07. The predicted octanol–water partition coefficient (Wildman–Crippen LogP) is 4.85. The molecule has 1 N–H and O–H groups in total. The summed E-state index contributed by atoms with van der Waals surface area (Å²) in [6.45, 7) is 5.65. The Morgan fingerprint density at radius 3 is 2.79 bits per heavy atom. The number of ether oxygens (including phenoxy) is 3. The first-order chi connectivity index (χ1) is 20.8. The normalized spacial score (nSPS) is 20.9. The van der Waals surface area contributed by atoms with Gasteiger partial charge in [0.2, 0.25) is 5.88 Å². The SMILES string of the molecule is C[C@H]1C[C@@H](Oc2ccnc(COc3ccc(F)cc3F)n2)CCN1Cc1nc2ccc(C(=O)O)cc2n1CC1CCOC1. The van der Waals surface area contributed by atoms with Gasteiger partial charge in [0.1, 0.15) is 24.4 Å². The first kappa shape index (κ1) is 28.9. The molecule has 0 saturated carbocycles. The van der Waals surface area contributed by atoms with Gasteiger partial charge in [-0.1, -0.05) is 0 Å². The van der Waals surface area contributed by atoms with Crippen molar-refractivity contribution in [2.45, 2.75) is 58.0 Å². The lowest BCUT2D eigenvalue weighted by Crippen LogP contribution is -2.44. The maximum atomic E-state index is 13.9. The highest BCUT2D eigenvalue weighted by Crippen LogP contribution is 2.27. The van der Waals surface area contributed by atoms with E-state index in [4.69, 9.17) is 19.2 Å². The first-order valence-corrected chi connectivity index (χ1v) is 14.4. The van der Waals surface area contributed by atoms with Crippen molar-refractivity contribution in [3.05, 3.63) is 77.5 Å². The van der Waals surface area contributed by atoms with Crippen molar-refractivity contribution in [2.24, 2.45) is 5.92 Å². The van der Waals surface area contributed by atoms with Crippen molar-refractivity contribution in [3.63, 3.8) is 0 Å². The summed E-state index contributed by atoms with van der Waals surface area (Å²) < 4.78 is 46.4. The van der Waals surface area contributed by atoms with Gasteiger partial charge in [-0.15, -0.1) is 0 Å². The molecule has 0 spiro atoms. The number of likely N-dealkylation sites (tertiary alicyclic amines) is 1. The fraction of sp³-hybridized carbons (Fsp3) is 0.419. The Kier molecular flexibility index (Phi) is 8.48. The van der Waals surface area contributed by atoms with Crippen molar-refractivity contribution >= 4 is 17.0 Å². The third-order valence-electron chi connectivity index (χ3n) is 8.07. The van der Waals surface area contributed by atoms with Crippen LogP contribution in [-0.2, 0) is 24.4 Å². The lowest BCUT2D eigenvalue weighted by atomic mass is 10.0. The smallest absolute Gasteiger partial charge is 0.335 e. The molecule has 10 nitrogen and oxygen atoms in total. The van der Waals surface area contributed by atoms with Crippen molar-refractivity contribution in [2.75, 3.05) is 19.8 Å². The van der Waals surface area contributed by atoms with Crippen molar-refractivity contribution in [1.82, 2.24) is 24.4 Å². The summed E-state index contributed by atoms with van der Waals surface area (Å²) in [7, 11) is 0. The second-order valence-electron chi connectivity index (χ2n) is 11.1. The highest BCUT2D eigenvalue weighted by Gasteiger charge is 2.29. The van der Waals surface area contributed by atoms with E-state index >= 15 is 0 Å². The fourth-order valence-electron chi connectivity index (χ4n) is 5.74. The number of imidazole rings is 1. The van der Waals surface area contributed by atoms with Gasteiger partial charge in [-0.05, 0) is 56.5 Å². The largest absolute Gasteiger partial charge is 0.483 e. The van der Waals surface area contributed by atoms with Gasteiger partial charge in [-0.2, -0.15) is 4.98 Å². The Bertz CT molecular complexity index is 1610. The molecular formula is C31H33F2N5O5. The molecule has 0 radical (unpaired) electrons. The molecule has 0 bridgehead atoms. The highest BCUT2D eigenvalue weighted by atomic mass is 19.1. The van der Waals surface area contributed by atoms with Crippen molar-refractivity contribution < 1.29 is 32.9 Å². The van der Waals surface area contributed by atoms with E-state index in [0.29, 0.717) is 30.8 Å². The van der Waals surface area contributed by atoms with Gasteiger partial charge >= 0.3 is 5.97 Å². The monoisotopic (exact) mass is 593 g/mol. The summed E-state index contributed by atoms with van der Waals surface area (Å²) in [5.74, 6) is -0.498. The highest BCUT2D eigenvalue weighted by molar-refractivity contribution is 5.92. The van der Waals surface area contributed by atoms with E-state index < -0.39 is 17.6 Å². The van der Waals surface area contributed by atoms with Crippen LogP contribution in [0.15, 0.2) is 48.7 Å². The molecule has 43 heavy (non-hydrogen) atoms. The number of halogens is 2. The average molecular weight is 594 g/mol. The van der Waals surface area contributed by atoms with Crippen LogP contribution in [0.5, 0.6) is 11.6 Å². The molecule has 0 aliphatic carbocycles. The second kappa shape index (κ2) is 12.6. The molecule has 6 rings (SSSR count). The summed E-state index contributed by atoms with van der Waals surface area (Å²) in [6.07, 6.45) is 4.03. The number of piperidine rings is 1. The number of aromatic carboxylic acids is 1. The number of rotatable bonds is 10. The van der Waals surface area contributed by atoms with E-state index in [2.05, 4.69) is 26.4 Å². The van der Waals surface area contributed by atoms with E-state index in [9.17, 15) is 18.7 Å². The molecule has 12 heteroatoms. The second-order valence-corrected chi connectivity index (χ2v) is 11.1. The lowest BCUT2D eigenvalue weighted by Gasteiger charge is -2.37. The summed E-state index contributed by atoms with van der Waals surface area (Å²) in [4.78, 5) is 27.5. The van der Waals surface area contributed by atoms with Crippen LogP contribution in [-0.4, -0.2) is 67.4 Å². The minimum absolute atomic E-state index is 0.0583. The number of hydrogen-bond acceptors (Lipinski definition) is 8. The van der Waals surface area contributed by atoms with Crippen molar-refractivity contribution in [1.29, 1.82) is 0 Å². The van der Waals surface area contributed by atoms with E-state index in [1.807, 2.05) is 0 Å². The molecule has 226 valence electrons. The molecule has 3 atom stereocenters. The molecule has 0 amide bonds. The van der Waals surface area contributed by atoms with Gasteiger partial charge in [0, 0.05) is 50.0 Å². The van der Waals surface area contributed by atoms with Gasteiger partial charge in [0.15, 0.2) is 17.4 Å². The number of fused-ring (bicyclic) bond motifs is 1. The van der Waals surface area contributed by atoms with Gasteiger partial charge in [0.25, 0.3) is 0 Å². The number of aromatic nitrogens is 4. The van der Waals surface area contributed by atoms with Crippen LogP contribution < -0.4 is 9.47 Å². The zero-order chi connectivity index (χ0) is 29.9. The molecule has 2 aromatic carbocycles. The van der Waals surface area contributed by atoms with E-state index in [1.54, 1.807) is 30.5 Å². The molecule has 2 aromatic heterocycles. The van der Waals surface area contributed by atoms with Crippen LogP contribution in [0.3, 0.4) is 0 Å². The zero-order valence-corrected chi connectivity index (χ0v) is 23.8. The number of carboxylic acids is 1. The fourth-order valence-corrected chi connectivity index (χ4v) is 5.74. The van der Waals surface area contributed by atoms with Crippen LogP contribution in [0.1, 0.15) is 48.2 Å². The lowest BCUT2D eigenvalue weighted by molar-refractivity contribution is 0.0534. The summed E-state index contributed by atoms with van der Waals surface area (Å²) in [5, 5.41) is 9.55. The van der Waals surface area contributed by atoms with Gasteiger partial charge in [-0.25, -0.2) is 23.5 Å². The van der Waals surface area contributed by atoms with Crippen LogP contribution in [0, 0.1) is 17.6 Å². The Morgan fingerprint density at radius 2 is 2.02 bits per heavy atom. The maximum absolute atomic E-state index is 13.9. The topological polar surface area (TPSA) is 112 Å². The molecule has 2 aliphatic heterocycles. The third kappa shape index (κ3) is 6.75. The summed E-state index contributed by atoms with van der Waals surface area (Å²) >= 11 is 0. The van der Waals surface area contributed by atoms with Gasteiger partial charge in [0.05, 0.1) is 29.7 Å². The average Bonchev–Trinajstić information content (AvgIpc) is 3.62. The summed E-state index contributed by atoms with van der Waals surface area (Å²) in [5.41, 5.74) is 1.87. The standard InChI is InChI=1S/C31H33F2N5O5/c1-19-12-23(43-30-6-9-34-28(36-30)18-42-27-5-3-22(32)14-24(27)33)7-10-37(19)16-29-35-25-4-2-21(31(39)40)13-26(25)38(29)15-20-8-11-41-17-20/h2-6,9,13-14,19-20,23H,7-8,10-12,15-18H2,1H3,(H,39,40)/t19-,20?,23-/m0/s1. The molecule has 2 aliphatic rings. The van der Waals surface area contributed by atoms with Crippen LogP contribution in [0.25, 0.3) is 11.0 Å². The number of carboxylic acid groups (broad SMARTS) is 1. The van der Waals surface area contributed by atoms with Gasteiger partial charge < -0.3 is 23.9 Å². The molecular weight excluding hydrogens is 560 g/mol. The minimum atomic E-state index is -0.957. The maximum Gasteiger partial charge on any atom is 0.335 e. The van der Waals surface area contributed by atoms with E-state index in [0.717, 1.165) is 67.9 Å². The number of carbonyl (C=O) groups is 1. The number of benzene rings is 2. The minimum Gasteiger partial charge on any atom is -0.483 e. The van der Waals surface area contributed by atoms with Crippen LogP contribution in [0.2, 0.25) is 0 Å². The quantitative estimate of drug-likeness (QED) is 0.276. The van der Waals surface area contributed by atoms with E-state index in [1.165, 1.54) is 6.07 Å². The zero-order valence-electron chi connectivity index (χ0n) is 23.8.